The molecule has 2 nitrogen and oxygen atoms in total. The Morgan fingerprint density at radius 2 is 2.36 bits per heavy atom. The maximum Gasteiger partial charge on any atom is 0.141 e. The fraction of sp³-hybridized carbons (Fsp3) is 0.125. The molecule has 0 saturated heterocycles. The van der Waals surface area contributed by atoms with Crippen molar-refractivity contribution in [2.24, 2.45) is 0 Å². The van der Waals surface area contributed by atoms with Crippen molar-refractivity contribution in [3.05, 3.63) is 36.3 Å². The van der Waals surface area contributed by atoms with Crippen LogP contribution in [0.25, 0.3) is 0 Å². The zero-order valence-electron chi connectivity index (χ0n) is 6.78. The molecule has 0 aliphatic rings. The molecule has 2 aromatic rings. The molecule has 0 radical (unpaired) electrons. The van der Waals surface area contributed by atoms with E-state index in [1.807, 2.05) is 11.4 Å². The predicted octanol–water partition coefficient (Wildman–Crippen LogP) is 3.70. The number of aliphatic hydroxyl groups is 1. The molecule has 2 heterocycles. The standard InChI is InChI=1S/C8H5BrClNOS2/c9-4-1-2-13-7(4)6(12)8-11-3-5(10)14-8/h1-3,6,12H. The topological polar surface area (TPSA) is 33.1 Å². The first-order valence-corrected chi connectivity index (χ1v) is 6.57. The Bertz CT molecular complexity index is 442. The van der Waals surface area contributed by atoms with Gasteiger partial charge < -0.3 is 5.11 Å². The van der Waals surface area contributed by atoms with Crippen LogP contribution < -0.4 is 0 Å². The van der Waals surface area contributed by atoms with Gasteiger partial charge in [0.15, 0.2) is 0 Å². The van der Waals surface area contributed by atoms with Crippen LogP contribution in [0.1, 0.15) is 16.0 Å². The van der Waals surface area contributed by atoms with Crippen LogP contribution >= 0.6 is 50.2 Å². The second kappa shape index (κ2) is 4.28. The van der Waals surface area contributed by atoms with Gasteiger partial charge in [-0.1, -0.05) is 11.6 Å². The van der Waals surface area contributed by atoms with Crippen molar-refractivity contribution < 1.29 is 5.11 Å². The van der Waals surface area contributed by atoms with E-state index in [-0.39, 0.29) is 0 Å². The largest absolute Gasteiger partial charge is 0.380 e. The highest BCUT2D eigenvalue weighted by Gasteiger charge is 2.18. The van der Waals surface area contributed by atoms with Crippen molar-refractivity contribution in [2.75, 3.05) is 0 Å². The third-order valence-electron chi connectivity index (χ3n) is 1.62. The monoisotopic (exact) mass is 309 g/mol. The minimum absolute atomic E-state index is 0.590. The highest BCUT2D eigenvalue weighted by molar-refractivity contribution is 9.10. The molecular formula is C8H5BrClNOS2. The SMILES string of the molecule is OC(c1ncc(Cl)s1)c1sccc1Br. The summed E-state index contributed by atoms with van der Waals surface area (Å²) in [4.78, 5) is 4.89. The number of thiazole rings is 1. The number of nitrogens with zero attached hydrogens (tertiary/aromatic N) is 1. The minimum atomic E-state index is -0.679. The van der Waals surface area contributed by atoms with Crippen molar-refractivity contribution in [2.45, 2.75) is 6.10 Å². The molecule has 0 aliphatic carbocycles. The second-order valence-corrected chi connectivity index (χ2v) is 6.03. The maximum absolute atomic E-state index is 9.94. The number of thiophene rings is 1. The zero-order valence-corrected chi connectivity index (χ0v) is 10.8. The summed E-state index contributed by atoms with van der Waals surface area (Å²) in [6, 6.07) is 1.90. The normalized spacial score (nSPS) is 13.1. The van der Waals surface area contributed by atoms with E-state index in [1.165, 1.54) is 22.7 Å². The molecule has 1 N–H and O–H groups in total. The van der Waals surface area contributed by atoms with Crippen LogP contribution in [0.15, 0.2) is 22.1 Å². The molecule has 0 amide bonds. The number of halogens is 2. The lowest BCUT2D eigenvalue weighted by molar-refractivity contribution is 0.223. The van der Waals surface area contributed by atoms with Crippen LogP contribution in [0.5, 0.6) is 0 Å². The van der Waals surface area contributed by atoms with Crippen LogP contribution in [0.4, 0.5) is 0 Å². The Morgan fingerprint density at radius 1 is 1.57 bits per heavy atom. The van der Waals surface area contributed by atoms with Gasteiger partial charge in [-0.2, -0.15) is 0 Å². The molecule has 74 valence electrons. The van der Waals surface area contributed by atoms with Gasteiger partial charge in [0.05, 0.1) is 11.1 Å². The first-order valence-electron chi connectivity index (χ1n) is 3.70. The predicted molar refractivity (Wildman–Crippen MR) is 63.2 cm³/mol. The van der Waals surface area contributed by atoms with Gasteiger partial charge in [-0.05, 0) is 27.4 Å². The first kappa shape index (κ1) is 10.6. The van der Waals surface area contributed by atoms with E-state index >= 15 is 0 Å². The zero-order chi connectivity index (χ0) is 10.1. The summed E-state index contributed by atoms with van der Waals surface area (Å²) in [6.45, 7) is 0. The second-order valence-electron chi connectivity index (χ2n) is 2.54. The van der Waals surface area contributed by atoms with Crippen molar-refractivity contribution in [3.63, 3.8) is 0 Å². The summed E-state index contributed by atoms with van der Waals surface area (Å²) in [5.41, 5.74) is 0. The smallest absolute Gasteiger partial charge is 0.141 e. The molecule has 1 atom stereocenters. The average Bonchev–Trinajstić information content (AvgIpc) is 2.73. The highest BCUT2D eigenvalue weighted by Crippen LogP contribution is 2.35. The molecule has 6 heteroatoms. The summed E-state index contributed by atoms with van der Waals surface area (Å²) < 4.78 is 1.49. The highest BCUT2D eigenvalue weighted by atomic mass is 79.9. The van der Waals surface area contributed by atoms with Gasteiger partial charge in [0.25, 0.3) is 0 Å². The number of aliphatic hydroxyl groups excluding tert-OH is 1. The van der Waals surface area contributed by atoms with Crippen LogP contribution in [0, 0.1) is 0 Å². The molecule has 0 aliphatic heterocycles. The fourth-order valence-electron chi connectivity index (χ4n) is 1.01. The van der Waals surface area contributed by atoms with E-state index in [0.29, 0.717) is 9.34 Å². The lowest BCUT2D eigenvalue weighted by Gasteiger charge is -2.04. The van der Waals surface area contributed by atoms with Gasteiger partial charge in [-0.3, -0.25) is 0 Å². The lowest BCUT2D eigenvalue weighted by Crippen LogP contribution is -1.96. The van der Waals surface area contributed by atoms with E-state index < -0.39 is 6.10 Å². The summed E-state index contributed by atoms with van der Waals surface area (Å²) in [5, 5.41) is 12.5. The number of hydrogen-bond acceptors (Lipinski definition) is 4. The molecular weight excluding hydrogens is 306 g/mol. The van der Waals surface area contributed by atoms with E-state index in [4.69, 9.17) is 11.6 Å². The van der Waals surface area contributed by atoms with Crippen molar-refractivity contribution >= 4 is 50.2 Å². The number of aromatic nitrogens is 1. The molecule has 2 rings (SSSR count). The van der Waals surface area contributed by atoms with Crippen LogP contribution in [0.2, 0.25) is 4.34 Å². The maximum atomic E-state index is 9.94. The first-order chi connectivity index (χ1) is 6.68. The molecule has 0 bridgehead atoms. The van der Waals surface area contributed by atoms with Gasteiger partial charge in [0.2, 0.25) is 0 Å². The van der Waals surface area contributed by atoms with Gasteiger partial charge in [-0.25, -0.2) is 4.98 Å². The van der Waals surface area contributed by atoms with E-state index in [1.54, 1.807) is 6.20 Å². The Balaban J connectivity index is 2.33. The number of hydrogen-bond donors (Lipinski definition) is 1. The summed E-state index contributed by atoms with van der Waals surface area (Å²) >= 11 is 11.9. The molecule has 1 unspecified atom stereocenters. The van der Waals surface area contributed by atoms with E-state index in [2.05, 4.69) is 20.9 Å². The van der Waals surface area contributed by atoms with Gasteiger partial charge in [-0.15, -0.1) is 22.7 Å². The average molecular weight is 311 g/mol. The molecule has 0 saturated carbocycles. The Morgan fingerprint density at radius 3 is 2.86 bits per heavy atom. The molecule has 0 spiro atoms. The Hall–Kier alpha value is 0.0600. The van der Waals surface area contributed by atoms with E-state index in [9.17, 15) is 5.11 Å². The van der Waals surface area contributed by atoms with Crippen LogP contribution in [-0.4, -0.2) is 10.1 Å². The van der Waals surface area contributed by atoms with Crippen LogP contribution in [-0.2, 0) is 0 Å². The third-order valence-corrected chi connectivity index (χ3v) is 4.71. The lowest BCUT2D eigenvalue weighted by atomic mass is 10.3. The van der Waals surface area contributed by atoms with Crippen LogP contribution in [0.3, 0.4) is 0 Å². The molecule has 14 heavy (non-hydrogen) atoms. The summed E-state index contributed by atoms with van der Waals surface area (Å²) in [6.07, 6.45) is 0.869. The van der Waals surface area contributed by atoms with Gasteiger partial charge >= 0.3 is 0 Å². The Labute approximate surface area is 102 Å². The quantitative estimate of drug-likeness (QED) is 0.917. The third kappa shape index (κ3) is 2.01. The summed E-state index contributed by atoms with van der Waals surface area (Å²) in [5.74, 6) is 0. The number of rotatable bonds is 2. The van der Waals surface area contributed by atoms with Crippen molar-refractivity contribution in [1.29, 1.82) is 0 Å². The Kier molecular flexibility index (Phi) is 3.23. The van der Waals surface area contributed by atoms with Gasteiger partial charge in [0.1, 0.15) is 15.4 Å². The van der Waals surface area contributed by atoms with Crippen molar-refractivity contribution in [1.82, 2.24) is 4.98 Å². The fourth-order valence-corrected chi connectivity index (χ4v) is 3.58. The molecule has 2 aromatic heterocycles. The van der Waals surface area contributed by atoms with E-state index in [0.717, 1.165) is 9.35 Å². The van der Waals surface area contributed by atoms with Crippen molar-refractivity contribution in [3.8, 4) is 0 Å². The van der Waals surface area contributed by atoms with Gasteiger partial charge in [0, 0.05) is 4.47 Å². The molecule has 0 fully saturated rings. The minimum Gasteiger partial charge on any atom is -0.380 e. The summed E-state index contributed by atoms with van der Waals surface area (Å²) in [7, 11) is 0. The molecule has 0 aromatic carbocycles.